The Morgan fingerprint density at radius 3 is 2.35 bits per heavy atom. The number of benzene rings is 1. The van der Waals surface area contributed by atoms with Gasteiger partial charge in [0, 0.05) is 5.54 Å². The van der Waals surface area contributed by atoms with Crippen molar-refractivity contribution < 1.29 is 27.5 Å². The zero-order valence-electron chi connectivity index (χ0n) is 14.7. The first kappa shape index (κ1) is 21.9. The van der Waals surface area contributed by atoms with Crippen LogP contribution in [0, 0.1) is 0 Å². The van der Waals surface area contributed by atoms with Crippen LogP contribution in [0.15, 0.2) is 29.2 Å². The summed E-state index contributed by atoms with van der Waals surface area (Å²) in [5.41, 5.74) is -0.534. The summed E-state index contributed by atoms with van der Waals surface area (Å²) in [6.07, 6.45) is -0.449. The van der Waals surface area contributed by atoms with E-state index in [-0.39, 0.29) is 9.92 Å². The van der Waals surface area contributed by atoms with E-state index in [1.165, 1.54) is 18.2 Å². The second-order valence-corrected chi connectivity index (χ2v) is 8.90. The minimum atomic E-state index is -3.76. The van der Waals surface area contributed by atoms with Crippen LogP contribution in [0.2, 0.25) is 5.02 Å². The second kappa shape index (κ2) is 9.00. The van der Waals surface area contributed by atoms with Gasteiger partial charge in [-0.25, -0.2) is 13.2 Å². The zero-order chi connectivity index (χ0) is 20.0. The molecule has 0 atom stereocenters. The van der Waals surface area contributed by atoms with E-state index < -0.39 is 52.1 Å². The van der Waals surface area contributed by atoms with Gasteiger partial charge in [0.1, 0.15) is 0 Å². The molecule has 26 heavy (non-hydrogen) atoms. The van der Waals surface area contributed by atoms with Crippen LogP contribution in [0.1, 0.15) is 27.2 Å². The number of sulfone groups is 1. The molecule has 0 unspecified atom stereocenters. The second-order valence-electron chi connectivity index (χ2n) is 6.41. The first-order valence-electron chi connectivity index (χ1n) is 7.65. The van der Waals surface area contributed by atoms with Gasteiger partial charge in [-0.1, -0.05) is 23.7 Å². The minimum absolute atomic E-state index is 0.0603. The fourth-order valence-electron chi connectivity index (χ4n) is 1.78. The molecule has 10 heteroatoms. The predicted octanol–water partition coefficient (Wildman–Crippen LogP) is 1.67. The molecule has 0 saturated carbocycles. The van der Waals surface area contributed by atoms with E-state index in [1.54, 1.807) is 26.8 Å². The van der Waals surface area contributed by atoms with E-state index >= 15 is 0 Å². The molecule has 1 aromatic rings. The number of hydrogen-bond donors (Lipinski definition) is 2. The maximum absolute atomic E-state index is 12.1. The Morgan fingerprint density at radius 2 is 1.77 bits per heavy atom. The highest BCUT2D eigenvalue weighted by Gasteiger charge is 2.21. The van der Waals surface area contributed by atoms with Crippen molar-refractivity contribution in [3.05, 3.63) is 29.3 Å². The van der Waals surface area contributed by atoms with Gasteiger partial charge in [0.25, 0.3) is 5.91 Å². The normalized spacial score (nSPS) is 11.5. The standard InChI is InChI=1S/C16H21ClN2O6S/c1-16(2,3)19-15(22)18-13(20)10-25-14(21)8-9-26(23,24)12-7-5-4-6-11(12)17/h4-7H,8-10H2,1-3H3,(H2,18,19,20,22). The molecule has 0 heterocycles. The first-order valence-corrected chi connectivity index (χ1v) is 9.68. The summed E-state index contributed by atoms with van der Waals surface area (Å²) in [7, 11) is -3.76. The molecule has 0 spiro atoms. The maximum atomic E-state index is 12.1. The number of imide groups is 1. The first-order chi connectivity index (χ1) is 11.9. The Morgan fingerprint density at radius 1 is 1.15 bits per heavy atom. The number of rotatable bonds is 6. The van der Waals surface area contributed by atoms with E-state index in [0.717, 1.165) is 0 Å². The molecule has 2 N–H and O–H groups in total. The van der Waals surface area contributed by atoms with Crippen LogP contribution in [-0.2, 0) is 24.2 Å². The Labute approximate surface area is 157 Å². The van der Waals surface area contributed by atoms with Crippen LogP contribution in [-0.4, -0.2) is 44.2 Å². The van der Waals surface area contributed by atoms with Crippen molar-refractivity contribution in [1.82, 2.24) is 10.6 Å². The molecule has 0 aliphatic rings. The van der Waals surface area contributed by atoms with Crippen molar-refractivity contribution in [2.45, 2.75) is 37.6 Å². The van der Waals surface area contributed by atoms with Crippen LogP contribution < -0.4 is 10.6 Å². The summed E-state index contributed by atoms with van der Waals surface area (Å²) in [6, 6.07) is 5.15. The molecule has 144 valence electrons. The third kappa shape index (κ3) is 7.83. The molecule has 0 bridgehead atoms. The fourth-order valence-corrected chi connectivity index (χ4v) is 3.57. The summed E-state index contributed by atoms with van der Waals surface area (Å²) >= 11 is 5.83. The maximum Gasteiger partial charge on any atom is 0.321 e. The van der Waals surface area contributed by atoms with Crippen LogP contribution in [0.5, 0.6) is 0 Å². The molecule has 3 amide bonds. The van der Waals surface area contributed by atoms with Crippen LogP contribution in [0.4, 0.5) is 4.79 Å². The largest absolute Gasteiger partial charge is 0.456 e. The number of nitrogens with one attached hydrogen (secondary N) is 2. The van der Waals surface area contributed by atoms with Gasteiger partial charge in [-0.05, 0) is 32.9 Å². The van der Waals surface area contributed by atoms with E-state index in [9.17, 15) is 22.8 Å². The monoisotopic (exact) mass is 404 g/mol. The zero-order valence-corrected chi connectivity index (χ0v) is 16.2. The van der Waals surface area contributed by atoms with Gasteiger partial charge < -0.3 is 10.1 Å². The number of amides is 3. The Kier molecular flexibility index (Phi) is 7.58. The number of esters is 1. The molecule has 8 nitrogen and oxygen atoms in total. The third-order valence-electron chi connectivity index (χ3n) is 2.85. The van der Waals surface area contributed by atoms with E-state index in [4.69, 9.17) is 11.6 Å². The quantitative estimate of drug-likeness (QED) is 0.696. The Hall–Kier alpha value is -2.13. The average molecular weight is 405 g/mol. The highest BCUT2D eigenvalue weighted by molar-refractivity contribution is 7.91. The molecule has 0 aromatic heterocycles. The molecule has 0 radical (unpaired) electrons. The van der Waals surface area contributed by atoms with Crippen molar-refractivity contribution in [1.29, 1.82) is 0 Å². The highest BCUT2D eigenvalue weighted by Crippen LogP contribution is 2.22. The number of halogens is 1. The minimum Gasteiger partial charge on any atom is -0.456 e. The Balaban J connectivity index is 2.44. The van der Waals surface area contributed by atoms with Crippen molar-refractivity contribution in [3.8, 4) is 0 Å². The van der Waals surface area contributed by atoms with Gasteiger partial charge in [-0.3, -0.25) is 14.9 Å². The predicted molar refractivity (Wildman–Crippen MR) is 95.5 cm³/mol. The fraction of sp³-hybridized carbons (Fsp3) is 0.438. The van der Waals surface area contributed by atoms with Gasteiger partial charge in [0.2, 0.25) is 0 Å². The van der Waals surface area contributed by atoms with Crippen molar-refractivity contribution in [3.63, 3.8) is 0 Å². The number of hydrogen-bond acceptors (Lipinski definition) is 6. The molecule has 0 saturated heterocycles. The van der Waals surface area contributed by atoms with E-state index in [2.05, 4.69) is 10.1 Å². The van der Waals surface area contributed by atoms with Crippen molar-refractivity contribution >= 4 is 39.3 Å². The van der Waals surface area contributed by atoms with Gasteiger partial charge in [-0.2, -0.15) is 0 Å². The summed E-state index contributed by atoms with van der Waals surface area (Å²) < 4.78 is 29.0. The molecule has 0 aliphatic carbocycles. The van der Waals surface area contributed by atoms with E-state index in [1.807, 2.05) is 5.32 Å². The van der Waals surface area contributed by atoms with Crippen LogP contribution in [0.3, 0.4) is 0 Å². The molecule has 0 aliphatic heterocycles. The lowest BCUT2D eigenvalue weighted by Crippen LogP contribution is -2.49. The average Bonchev–Trinajstić information content (AvgIpc) is 2.49. The molecular formula is C16H21ClN2O6S. The number of urea groups is 1. The van der Waals surface area contributed by atoms with Crippen molar-refractivity contribution in [2.75, 3.05) is 12.4 Å². The number of carbonyl (C=O) groups excluding carboxylic acids is 3. The van der Waals surface area contributed by atoms with Gasteiger partial charge in [0.15, 0.2) is 16.4 Å². The van der Waals surface area contributed by atoms with Gasteiger partial charge in [-0.15, -0.1) is 0 Å². The topological polar surface area (TPSA) is 119 Å². The molecular weight excluding hydrogens is 384 g/mol. The summed E-state index contributed by atoms with van der Waals surface area (Å²) in [5.74, 6) is -2.22. The highest BCUT2D eigenvalue weighted by atomic mass is 35.5. The van der Waals surface area contributed by atoms with Gasteiger partial charge in [0.05, 0.1) is 22.1 Å². The molecule has 1 rings (SSSR count). The lowest BCUT2D eigenvalue weighted by Gasteiger charge is -2.20. The van der Waals surface area contributed by atoms with Crippen LogP contribution >= 0.6 is 11.6 Å². The third-order valence-corrected chi connectivity index (χ3v) is 5.06. The summed E-state index contributed by atoms with van der Waals surface area (Å²) in [6.45, 7) is 4.51. The molecule has 0 fully saturated rings. The Bertz CT molecular complexity index is 786. The molecule has 1 aromatic carbocycles. The lowest BCUT2D eigenvalue weighted by atomic mass is 10.1. The summed E-state index contributed by atoms with van der Waals surface area (Å²) in [4.78, 5) is 34.6. The number of ether oxygens (including phenoxy) is 1. The number of carbonyl (C=O) groups is 3. The van der Waals surface area contributed by atoms with Crippen molar-refractivity contribution in [2.24, 2.45) is 0 Å². The van der Waals surface area contributed by atoms with Gasteiger partial charge >= 0.3 is 12.0 Å². The smallest absolute Gasteiger partial charge is 0.321 e. The van der Waals surface area contributed by atoms with E-state index in [0.29, 0.717) is 0 Å². The SMILES string of the molecule is CC(C)(C)NC(=O)NC(=O)COC(=O)CCS(=O)(=O)c1ccccc1Cl. The van der Waals surface area contributed by atoms with Crippen LogP contribution in [0.25, 0.3) is 0 Å². The lowest BCUT2D eigenvalue weighted by molar-refractivity contribution is -0.147. The summed E-state index contributed by atoms with van der Waals surface area (Å²) in [5, 5.41) is 4.56.